The second-order valence-electron chi connectivity index (χ2n) is 10.5. The molecule has 240 valence electrons. The molecule has 0 saturated carbocycles. The Morgan fingerprint density at radius 2 is 1.50 bits per heavy atom. The molecule has 14 nitrogen and oxygen atoms in total. The zero-order valence-electron chi connectivity index (χ0n) is 24.9. The molecular formula is C29H42N8O6S. The number of urea groups is 1. The number of benzene rings is 1. The summed E-state index contributed by atoms with van der Waals surface area (Å²) in [5.41, 5.74) is 1.28. The molecule has 2 fully saturated rings. The first-order valence-electron chi connectivity index (χ1n) is 15.2. The topological polar surface area (TPSA) is 179 Å². The van der Waals surface area contributed by atoms with Crippen LogP contribution in [0, 0.1) is 0 Å². The van der Waals surface area contributed by atoms with Gasteiger partial charge in [0.25, 0.3) is 5.91 Å². The number of carbonyl (C=O) groups excluding carboxylic acids is 3. The van der Waals surface area contributed by atoms with Gasteiger partial charge < -0.3 is 35.5 Å². The smallest absolute Gasteiger partial charge is 0.315 e. The van der Waals surface area contributed by atoms with Crippen molar-refractivity contribution in [2.75, 3.05) is 58.5 Å². The fourth-order valence-corrected chi connectivity index (χ4v) is 6.42. The predicted molar refractivity (Wildman–Crippen MR) is 164 cm³/mol. The Bertz CT molecular complexity index is 1160. The molecule has 3 atom stereocenters. The Kier molecular flexibility index (Phi) is 14.5. The molecule has 1 aromatic carbocycles. The largest absolute Gasteiger partial charge is 0.379 e. The number of ether oxygens (including phenoxy) is 3. The maximum Gasteiger partial charge on any atom is 0.315 e. The van der Waals surface area contributed by atoms with Gasteiger partial charge in [-0.15, -0.1) is 20.4 Å². The van der Waals surface area contributed by atoms with E-state index in [1.807, 2.05) is 11.8 Å². The summed E-state index contributed by atoms with van der Waals surface area (Å²) in [6.45, 7) is 4.10. The number of nitrogens with zero attached hydrogens (tertiary/aromatic N) is 4. The molecule has 0 spiro atoms. The quantitative estimate of drug-likeness (QED) is 0.116. The predicted octanol–water partition coefficient (Wildman–Crippen LogP) is 1.34. The maximum absolute atomic E-state index is 12.3. The lowest BCUT2D eigenvalue weighted by molar-refractivity contribution is -0.121. The molecule has 2 aromatic rings. The van der Waals surface area contributed by atoms with Gasteiger partial charge in [-0.25, -0.2) is 4.79 Å². The molecule has 4 rings (SSSR count). The van der Waals surface area contributed by atoms with Crippen LogP contribution in [0.15, 0.2) is 30.6 Å². The Morgan fingerprint density at radius 3 is 2.20 bits per heavy atom. The molecule has 44 heavy (non-hydrogen) atoms. The first kappa shape index (κ1) is 33.5. The monoisotopic (exact) mass is 630 g/mol. The number of carbonyl (C=O) groups is 3. The van der Waals surface area contributed by atoms with Crippen LogP contribution in [-0.2, 0) is 19.0 Å². The Balaban J connectivity index is 0.871. The molecule has 0 unspecified atom stereocenters. The van der Waals surface area contributed by atoms with E-state index in [0.717, 1.165) is 37.0 Å². The second kappa shape index (κ2) is 19.1. The Labute approximate surface area is 261 Å². The van der Waals surface area contributed by atoms with Crippen molar-refractivity contribution in [3.05, 3.63) is 36.2 Å². The number of aromatic nitrogens is 4. The number of unbranched alkanes of at least 4 members (excludes halogenated alkanes) is 1. The molecule has 4 N–H and O–H groups in total. The molecule has 2 aliphatic rings. The lowest BCUT2D eigenvalue weighted by Gasteiger charge is -2.16. The Morgan fingerprint density at radius 1 is 0.841 bits per heavy atom. The molecule has 0 bridgehead atoms. The molecular weight excluding hydrogens is 588 g/mol. The lowest BCUT2D eigenvalue weighted by Crippen LogP contribution is -2.36. The summed E-state index contributed by atoms with van der Waals surface area (Å²) in [5.74, 6) is 1.28. The van der Waals surface area contributed by atoms with Crippen molar-refractivity contribution < 1.29 is 28.6 Å². The summed E-state index contributed by atoms with van der Waals surface area (Å²) in [6, 6.07) is 7.35. The molecule has 0 aliphatic carbocycles. The molecule has 0 radical (unpaired) electrons. The van der Waals surface area contributed by atoms with Crippen molar-refractivity contribution in [1.29, 1.82) is 0 Å². The molecule has 2 saturated heterocycles. The van der Waals surface area contributed by atoms with E-state index < -0.39 is 0 Å². The number of hydrogen-bond donors (Lipinski definition) is 4. The zero-order valence-corrected chi connectivity index (χ0v) is 25.7. The van der Waals surface area contributed by atoms with Gasteiger partial charge in [-0.1, -0.05) is 18.6 Å². The van der Waals surface area contributed by atoms with Crippen molar-refractivity contribution in [3.8, 4) is 11.4 Å². The van der Waals surface area contributed by atoms with E-state index in [2.05, 4.69) is 41.7 Å². The fourth-order valence-electron chi connectivity index (χ4n) is 4.87. The van der Waals surface area contributed by atoms with E-state index in [9.17, 15) is 14.4 Å². The average molecular weight is 631 g/mol. The fraction of sp³-hybridized carbons (Fsp3) is 0.621. The SMILES string of the molecule is O=C(CCCC[C@@H]1SC[C@@H]2NC(=O)N[C@@H]21)NCCCOCCOCCOCCCNC(=O)c1ccc(-c2nncnn2)cc1. The number of fused-ring (bicyclic) bond motifs is 1. The van der Waals surface area contributed by atoms with E-state index in [0.29, 0.717) is 82.2 Å². The lowest BCUT2D eigenvalue weighted by atomic mass is 10.0. The minimum atomic E-state index is -0.157. The summed E-state index contributed by atoms with van der Waals surface area (Å²) in [4.78, 5) is 35.8. The highest BCUT2D eigenvalue weighted by atomic mass is 32.2. The van der Waals surface area contributed by atoms with Crippen LogP contribution < -0.4 is 21.3 Å². The van der Waals surface area contributed by atoms with Crippen LogP contribution >= 0.6 is 11.8 Å². The van der Waals surface area contributed by atoms with E-state index in [1.165, 1.54) is 6.33 Å². The summed E-state index contributed by atoms with van der Waals surface area (Å²) in [5, 5.41) is 27.4. The van der Waals surface area contributed by atoms with E-state index in [-0.39, 0.29) is 29.9 Å². The summed E-state index contributed by atoms with van der Waals surface area (Å²) in [6.07, 6.45) is 6.09. The summed E-state index contributed by atoms with van der Waals surface area (Å²) in [7, 11) is 0. The third-order valence-corrected chi connectivity index (χ3v) is 8.69. The van der Waals surface area contributed by atoms with Crippen LogP contribution in [0.4, 0.5) is 4.79 Å². The molecule has 1 aromatic heterocycles. The third kappa shape index (κ3) is 11.6. The van der Waals surface area contributed by atoms with Gasteiger partial charge in [0.05, 0.1) is 38.5 Å². The van der Waals surface area contributed by atoms with Gasteiger partial charge >= 0.3 is 6.03 Å². The van der Waals surface area contributed by atoms with Crippen LogP contribution in [0.5, 0.6) is 0 Å². The number of rotatable bonds is 21. The molecule has 15 heteroatoms. The van der Waals surface area contributed by atoms with Crippen LogP contribution in [0.2, 0.25) is 0 Å². The van der Waals surface area contributed by atoms with Gasteiger partial charge in [0.15, 0.2) is 6.33 Å². The van der Waals surface area contributed by atoms with Crippen LogP contribution in [0.1, 0.15) is 48.9 Å². The van der Waals surface area contributed by atoms with Gasteiger partial charge in [-0.05, 0) is 37.8 Å². The molecule has 3 heterocycles. The highest BCUT2D eigenvalue weighted by Crippen LogP contribution is 2.33. The average Bonchev–Trinajstić information content (AvgIpc) is 3.60. The highest BCUT2D eigenvalue weighted by Gasteiger charge is 2.42. The van der Waals surface area contributed by atoms with Crippen molar-refractivity contribution in [3.63, 3.8) is 0 Å². The molecule has 4 amide bonds. The third-order valence-electron chi connectivity index (χ3n) is 7.18. The van der Waals surface area contributed by atoms with E-state index in [4.69, 9.17) is 14.2 Å². The second-order valence-corrected chi connectivity index (χ2v) is 11.7. The van der Waals surface area contributed by atoms with Gasteiger partial charge in [0.2, 0.25) is 11.7 Å². The van der Waals surface area contributed by atoms with Crippen molar-refractivity contribution in [1.82, 2.24) is 41.7 Å². The van der Waals surface area contributed by atoms with E-state index in [1.54, 1.807) is 24.3 Å². The van der Waals surface area contributed by atoms with Gasteiger partial charge in [0.1, 0.15) is 0 Å². The number of amides is 4. The minimum absolute atomic E-state index is 0.0592. The van der Waals surface area contributed by atoms with Crippen molar-refractivity contribution in [2.24, 2.45) is 0 Å². The highest BCUT2D eigenvalue weighted by molar-refractivity contribution is 8.00. The normalized spacial score (nSPS) is 18.8. The van der Waals surface area contributed by atoms with Crippen LogP contribution in [0.25, 0.3) is 11.4 Å². The first-order chi connectivity index (χ1) is 21.6. The molecule has 2 aliphatic heterocycles. The standard InChI is InChI=1S/C29H42N8O6S/c38-25(6-2-1-5-24-26-23(19-44-24)34-29(40)35-26)30-11-3-13-41-15-17-43-18-16-42-14-4-12-31-28(39)22-9-7-21(8-10-22)27-36-32-20-33-37-27/h7-10,20,23-24,26H,1-6,11-19H2,(H,30,38)(H,31,39)(H2,34,35,40)/t23-,24-,26-/m0/s1. The van der Waals surface area contributed by atoms with Gasteiger partial charge in [-0.2, -0.15) is 11.8 Å². The van der Waals surface area contributed by atoms with Crippen LogP contribution in [-0.4, -0.2) is 114 Å². The summed E-state index contributed by atoms with van der Waals surface area (Å²) >= 11 is 1.90. The summed E-state index contributed by atoms with van der Waals surface area (Å²) < 4.78 is 16.6. The number of nitrogens with one attached hydrogen (secondary N) is 4. The first-order valence-corrected chi connectivity index (χ1v) is 16.2. The van der Waals surface area contributed by atoms with Crippen molar-refractivity contribution in [2.45, 2.75) is 55.9 Å². The van der Waals surface area contributed by atoms with Gasteiger partial charge in [-0.3, -0.25) is 9.59 Å². The van der Waals surface area contributed by atoms with Crippen molar-refractivity contribution >= 4 is 29.6 Å². The maximum atomic E-state index is 12.3. The number of hydrogen-bond acceptors (Lipinski definition) is 11. The van der Waals surface area contributed by atoms with Crippen LogP contribution in [0.3, 0.4) is 0 Å². The number of thioether (sulfide) groups is 1. The van der Waals surface area contributed by atoms with Gasteiger partial charge in [0, 0.05) is 54.9 Å². The zero-order chi connectivity index (χ0) is 30.8. The van der Waals surface area contributed by atoms with E-state index >= 15 is 0 Å². The Hall–Kier alpha value is -3.40. The minimum Gasteiger partial charge on any atom is -0.379 e.